The number of carbonyl (C=O) groups excluding carboxylic acids is 2. The van der Waals surface area contributed by atoms with Gasteiger partial charge >= 0.3 is 5.97 Å². The number of hydrogen-bond acceptors (Lipinski definition) is 6. The van der Waals surface area contributed by atoms with Gasteiger partial charge in [-0.1, -0.05) is 0 Å². The van der Waals surface area contributed by atoms with E-state index in [4.69, 9.17) is 4.42 Å². The van der Waals surface area contributed by atoms with Crippen molar-refractivity contribution in [2.24, 2.45) is 0 Å². The van der Waals surface area contributed by atoms with Gasteiger partial charge in [0.2, 0.25) is 12.3 Å². The molecule has 0 saturated carbocycles. The van der Waals surface area contributed by atoms with Crippen LogP contribution in [-0.4, -0.2) is 24.5 Å². The molecule has 0 bridgehead atoms. The smallest absolute Gasteiger partial charge is 0.360 e. The Bertz CT molecular complexity index is 322. The Kier molecular flexibility index (Phi) is 3.62. The van der Waals surface area contributed by atoms with E-state index in [1.54, 1.807) is 0 Å². The van der Waals surface area contributed by atoms with Crippen molar-refractivity contribution < 1.29 is 23.6 Å². The average Bonchev–Trinajstić information content (AvgIpc) is 2.66. The summed E-state index contributed by atoms with van der Waals surface area (Å²) in [6, 6.07) is 0. The summed E-state index contributed by atoms with van der Waals surface area (Å²) in [5.74, 6) is -0.428. The number of nitrogens with zero attached hydrogens (tertiary/aromatic N) is 1. The molecule has 76 valence electrons. The zero-order chi connectivity index (χ0) is 10.4. The zero-order valence-electron chi connectivity index (χ0n) is 7.35. The monoisotopic (exact) mass is 200 g/mol. The van der Waals surface area contributed by atoms with Crippen LogP contribution in [0.15, 0.2) is 10.7 Å². The molecular formula is C7H8N2O5. The van der Waals surface area contributed by atoms with Crippen LogP contribution in [0.3, 0.4) is 0 Å². The highest BCUT2D eigenvalue weighted by molar-refractivity contribution is 5.86. The maximum absolute atomic E-state index is 10.9. The highest BCUT2D eigenvalue weighted by Crippen LogP contribution is 2.03. The summed E-state index contributed by atoms with van der Waals surface area (Å²) in [6.45, 7) is -0.0598. The van der Waals surface area contributed by atoms with Crippen molar-refractivity contribution in [3.05, 3.63) is 17.8 Å². The number of aromatic nitrogens is 1. The van der Waals surface area contributed by atoms with Gasteiger partial charge in [0.25, 0.3) is 0 Å². The lowest BCUT2D eigenvalue weighted by Crippen LogP contribution is -2.11. The number of nitrogens with one attached hydrogen (secondary N) is 1. The van der Waals surface area contributed by atoms with Crippen molar-refractivity contribution in [2.45, 2.75) is 6.61 Å². The maximum Gasteiger partial charge on any atom is 0.360 e. The SMILES string of the molecule is COC(=O)c1coc(CONC=O)n1. The zero-order valence-corrected chi connectivity index (χ0v) is 7.35. The Hall–Kier alpha value is -1.89. The first-order valence-corrected chi connectivity index (χ1v) is 3.61. The van der Waals surface area contributed by atoms with Gasteiger partial charge in [-0.25, -0.2) is 15.3 Å². The van der Waals surface area contributed by atoms with E-state index in [9.17, 15) is 9.59 Å². The highest BCUT2D eigenvalue weighted by Gasteiger charge is 2.11. The standard InChI is InChI=1S/C7H8N2O5/c1-12-7(11)5-2-13-6(9-5)3-14-8-4-10/h2,4H,3H2,1H3,(H,8,10). The van der Waals surface area contributed by atoms with E-state index >= 15 is 0 Å². The molecule has 0 radical (unpaired) electrons. The predicted molar refractivity (Wildman–Crippen MR) is 41.8 cm³/mol. The molecule has 1 rings (SSSR count). The number of hydrogen-bond donors (Lipinski definition) is 1. The lowest BCUT2D eigenvalue weighted by atomic mass is 10.5. The molecule has 0 spiro atoms. The average molecular weight is 200 g/mol. The second-order valence-corrected chi connectivity index (χ2v) is 2.14. The summed E-state index contributed by atoms with van der Waals surface area (Å²) >= 11 is 0. The summed E-state index contributed by atoms with van der Waals surface area (Å²) in [5, 5.41) is 0. The number of rotatable bonds is 5. The second-order valence-electron chi connectivity index (χ2n) is 2.14. The number of esters is 1. The van der Waals surface area contributed by atoms with Gasteiger partial charge in [-0.3, -0.25) is 9.63 Å². The molecule has 0 saturated heterocycles. The topological polar surface area (TPSA) is 90.7 Å². The Labute approximate surface area is 79.0 Å². The van der Waals surface area contributed by atoms with Crippen LogP contribution in [0.5, 0.6) is 0 Å². The fraction of sp³-hybridized carbons (Fsp3) is 0.286. The maximum atomic E-state index is 10.9. The van der Waals surface area contributed by atoms with Gasteiger partial charge in [-0.2, -0.15) is 0 Å². The van der Waals surface area contributed by atoms with Gasteiger partial charge in [-0.05, 0) is 0 Å². The summed E-state index contributed by atoms with van der Waals surface area (Å²) in [7, 11) is 1.24. The normalized spacial score (nSPS) is 9.50. The molecule has 0 aromatic carbocycles. The number of amides is 1. The Morgan fingerprint density at radius 1 is 1.79 bits per heavy atom. The molecule has 1 aromatic rings. The molecule has 0 unspecified atom stereocenters. The van der Waals surface area contributed by atoms with E-state index in [1.807, 2.05) is 5.48 Å². The van der Waals surface area contributed by atoms with Gasteiger partial charge in [0.05, 0.1) is 7.11 Å². The van der Waals surface area contributed by atoms with Gasteiger partial charge < -0.3 is 9.15 Å². The van der Waals surface area contributed by atoms with E-state index in [2.05, 4.69) is 14.6 Å². The van der Waals surface area contributed by atoms with E-state index in [0.717, 1.165) is 6.26 Å². The Morgan fingerprint density at radius 3 is 3.21 bits per heavy atom. The van der Waals surface area contributed by atoms with Crippen LogP contribution in [0.2, 0.25) is 0 Å². The van der Waals surface area contributed by atoms with E-state index in [0.29, 0.717) is 6.41 Å². The summed E-state index contributed by atoms with van der Waals surface area (Å²) < 4.78 is 9.24. The third kappa shape index (κ3) is 2.56. The van der Waals surface area contributed by atoms with Gasteiger partial charge in [0.15, 0.2) is 12.3 Å². The molecule has 1 aromatic heterocycles. The van der Waals surface area contributed by atoms with Crippen LogP contribution < -0.4 is 5.48 Å². The van der Waals surface area contributed by atoms with Crippen molar-refractivity contribution in [3.63, 3.8) is 0 Å². The molecule has 1 N–H and O–H groups in total. The summed E-state index contributed by atoms with van der Waals surface area (Å²) in [5.41, 5.74) is 2.01. The van der Waals surface area contributed by atoms with E-state index < -0.39 is 5.97 Å². The molecule has 0 aliphatic carbocycles. The number of carbonyl (C=O) groups is 2. The van der Waals surface area contributed by atoms with Gasteiger partial charge in [0.1, 0.15) is 6.26 Å². The molecule has 7 nitrogen and oxygen atoms in total. The van der Waals surface area contributed by atoms with Crippen molar-refractivity contribution in [3.8, 4) is 0 Å². The first kappa shape index (κ1) is 10.2. The third-order valence-corrected chi connectivity index (χ3v) is 1.27. The molecule has 1 amide bonds. The highest BCUT2D eigenvalue weighted by atomic mass is 16.7. The van der Waals surface area contributed by atoms with Gasteiger partial charge in [0, 0.05) is 0 Å². The third-order valence-electron chi connectivity index (χ3n) is 1.27. The molecular weight excluding hydrogens is 192 g/mol. The van der Waals surface area contributed by atoms with Crippen LogP contribution in [0, 0.1) is 0 Å². The van der Waals surface area contributed by atoms with E-state index in [1.165, 1.54) is 7.11 Å². The Morgan fingerprint density at radius 2 is 2.57 bits per heavy atom. The predicted octanol–water partition coefficient (Wildman–Crippen LogP) is -0.361. The number of ether oxygens (including phenoxy) is 1. The number of hydroxylamine groups is 1. The molecule has 1 heterocycles. The fourth-order valence-corrected chi connectivity index (χ4v) is 0.713. The Balaban J connectivity index is 2.50. The lowest BCUT2D eigenvalue weighted by molar-refractivity contribution is -0.122. The molecule has 14 heavy (non-hydrogen) atoms. The molecule has 7 heteroatoms. The first-order chi connectivity index (χ1) is 6.77. The summed E-state index contributed by atoms with van der Waals surface area (Å²) in [4.78, 5) is 29.0. The fourth-order valence-electron chi connectivity index (χ4n) is 0.713. The van der Waals surface area contributed by atoms with Crippen molar-refractivity contribution in [1.82, 2.24) is 10.5 Å². The van der Waals surface area contributed by atoms with Crippen molar-refractivity contribution >= 4 is 12.4 Å². The first-order valence-electron chi connectivity index (χ1n) is 3.61. The number of oxazole rings is 1. The minimum absolute atomic E-state index is 0.0530. The number of methoxy groups -OCH3 is 1. The van der Waals surface area contributed by atoms with Crippen LogP contribution in [0.25, 0.3) is 0 Å². The lowest BCUT2D eigenvalue weighted by Gasteiger charge is -1.94. The van der Waals surface area contributed by atoms with Crippen molar-refractivity contribution in [1.29, 1.82) is 0 Å². The molecule has 0 atom stereocenters. The minimum atomic E-state index is -0.594. The molecule has 0 fully saturated rings. The van der Waals surface area contributed by atoms with Crippen LogP contribution in [0.1, 0.15) is 16.4 Å². The largest absolute Gasteiger partial charge is 0.464 e. The molecule has 0 aliphatic rings. The second kappa shape index (κ2) is 4.97. The minimum Gasteiger partial charge on any atom is -0.464 e. The van der Waals surface area contributed by atoms with Crippen molar-refractivity contribution in [2.75, 3.05) is 7.11 Å². The van der Waals surface area contributed by atoms with Crippen LogP contribution in [0.4, 0.5) is 0 Å². The van der Waals surface area contributed by atoms with Crippen LogP contribution >= 0.6 is 0 Å². The van der Waals surface area contributed by atoms with E-state index in [-0.39, 0.29) is 18.2 Å². The van der Waals surface area contributed by atoms with Gasteiger partial charge in [-0.15, -0.1) is 0 Å². The summed E-state index contributed by atoms with van der Waals surface area (Å²) in [6.07, 6.45) is 1.51. The quantitative estimate of drug-likeness (QED) is 0.302. The molecule has 0 aliphatic heterocycles. The van der Waals surface area contributed by atoms with Crippen LogP contribution in [-0.2, 0) is 21.0 Å².